The topological polar surface area (TPSA) is 35.2 Å². The fraction of sp³-hybridized carbons (Fsp3) is 0.636. The average molecular weight is 290 g/mol. The minimum Gasteiger partial charge on any atom is -0.376 e. The first kappa shape index (κ1) is 11.6. The van der Waals surface area contributed by atoms with Gasteiger partial charge in [0, 0.05) is 20.8 Å². The van der Waals surface area contributed by atoms with Gasteiger partial charge in [-0.25, -0.2) is 0 Å². The number of aryl methyl sites for hydroxylation is 1. The highest BCUT2D eigenvalue weighted by atomic mass is 79.9. The maximum atomic E-state index is 6.26. The van der Waals surface area contributed by atoms with E-state index >= 15 is 0 Å². The molecule has 0 aromatic carbocycles. The second-order valence-electron chi connectivity index (χ2n) is 4.20. The van der Waals surface area contributed by atoms with Crippen molar-refractivity contribution in [1.82, 2.24) is 0 Å². The van der Waals surface area contributed by atoms with Crippen LogP contribution in [0.5, 0.6) is 0 Å². The molecule has 1 saturated heterocycles. The van der Waals surface area contributed by atoms with Gasteiger partial charge >= 0.3 is 0 Å². The van der Waals surface area contributed by atoms with Crippen LogP contribution in [0.1, 0.15) is 29.1 Å². The molecule has 15 heavy (non-hydrogen) atoms. The molecule has 0 spiro atoms. The highest BCUT2D eigenvalue weighted by Gasteiger charge is 2.32. The van der Waals surface area contributed by atoms with Gasteiger partial charge in [0.2, 0.25) is 0 Å². The Morgan fingerprint density at radius 2 is 2.40 bits per heavy atom. The van der Waals surface area contributed by atoms with Crippen molar-refractivity contribution >= 4 is 27.3 Å². The summed E-state index contributed by atoms with van der Waals surface area (Å²) in [4.78, 5) is 2.50. The van der Waals surface area contributed by atoms with Crippen LogP contribution >= 0.6 is 27.3 Å². The third-order valence-electron chi connectivity index (χ3n) is 2.94. The monoisotopic (exact) mass is 289 g/mol. The molecule has 2 N–H and O–H groups in total. The number of thiophene rings is 1. The van der Waals surface area contributed by atoms with Crippen LogP contribution in [0.25, 0.3) is 0 Å². The van der Waals surface area contributed by atoms with Crippen molar-refractivity contribution in [3.05, 3.63) is 20.3 Å². The van der Waals surface area contributed by atoms with E-state index in [0.717, 1.165) is 17.5 Å². The normalized spacial score (nSPS) is 28.3. The molecular weight excluding hydrogens is 274 g/mol. The number of hydrogen-bond acceptors (Lipinski definition) is 3. The maximum absolute atomic E-state index is 6.26. The van der Waals surface area contributed by atoms with Gasteiger partial charge in [-0.3, -0.25) is 0 Å². The zero-order valence-electron chi connectivity index (χ0n) is 9.00. The Bertz CT molecular complexity index is 352. The maximum Gasteiger partial charge on any atom is 0.0802 e. The molecular formula is C11H16BrNOS. The third kappa shape index (κ3) is 2.28. The van der Waals surface area contributed by atoms with E-state index in [-0.39, 0.29) is 12.1 Å². The van der Waals surface area contributed by atoms with Crippen molar-refractivity contribution in [3.63, 3.8) is 0 Å². The van der Waals surface area contributed by atoms with Gasteiger partial charge in [-0.1, -0.05) is 6.92 Å². The van der Waals surface area contributed by atoms with Crippen molar-refractivity contribution in [2.45, 2.75) is 32.4 Å². The largest absolute Gasteiger partial charge is 0.376 e. The van der Waals surface area contributed by atoms with E-state index in [9.17, 15) is 0 Å². The van der Waals surface area contributed by atoms with Crippen LogP contribution in [-0.4, -0.2) is 12.7 Å². The number of ether oxygens (including phenoxy) is 1. The van der Waals surface area contributed by atoms with Crippen LogP contribution in [0, 0.1) is 12.8 Å². The summed E-state index contributed by atoms with van der Waals surface area (Å²) in [5.74, 6) is 0.564. The van der Waals surface area contributed by atoms with Crippen molar-refractivity contribution in [2.75, 3.05) is 6.61 Å². The number of hydrogen-bond donors (Lipinski definition) is 1. The Morgan fingerprint density at radius 3 is 2.87 bits per heavy atom. The van der Waals surface area contributed by atoms with Crippen molar-refractivity contribution < 1.29 is 4.74 Å². The van der Waals surface area contributed by atoms with E-state index in [1.165, 1.54) is 9.75 Å². The van der Waals surface area contributed by atoms with Crippen LogP contribution < -0.4 is 5.73 Å². The van der Waals surface area contributed by atoms with Crippen LogP contribution in [-0.2, 0) is 4.74 Å². The molecule has 3 unspecified atom stereocenters. The Kier molecular flexibility index (Phi) is 3.50. The Morgan fingerprint density at radius 1 is 1.67 bits per heavy atom. The SMILES string of the molecule is Cc1cc(Br)c(C(N)C2OCCC2C)s1. The number of halogens is 1. The first-order valence-electron chi connectivity index (χ1n) is 5.22. The molecule has 0 radical (unpaired) electrons. The predicted octanol–water partition coefficient (Wildman–Crippen LogP) is 3.24. The van der Waals surface area contributed by atoms with Crippen LogP contribution in [0.3, 0.4) is 0 Å². The number of nitrogens with two attached hydrogens (primary N) is 1. The molecule has 3 atom stereocenters. The van der Waals surface area contributed by atoms with Crippen LogP contribution in [0.15, 0.2) is 10.5 Å². The second-order valence-corrected chi connectivity index (χ2v) is 6.34. The van der Waals surface area contributed by atoms with Crippen molar-refractivity contribution in [3.8, 4) is 0 Å². The van der Waals surface area contributed by atoms with E-state index in [4.69, 9.17) is 10.5 Å². The highest BCUT2D eigenvalue weighted by molar-refractivity contribution is 9.10. The lowest BCUT2D eigenvalue weighted by atomic mass is 9.97. The molecule has 0 amide bonds. The van der Waals surface area contributed by atoms with Gasteiger partial charge < -0.3 is 10.5 Å². The molecule has 0 saturated carbocycles. The van der Waals surface area contributed by atoms with Crippen molar-refractivity contribution in [2.24, 2.45) is 11.7 Å². The quantitative estimate of drug-likeness (QED) is 0.907. The molecule has 2 heterocycles. The van der Waals surface area contributed by atoms with Gasteiger partial charge in [-0.2, -0.15) is 0 Å². The molecule has 1 fully saturated rings. The molecule has 4 heteroatoms. The minimum absolute atomic E-state index is 0.00979. The van der Waals surface area contributed by atoms with Gasteiger partial charge in [0.05, 0.1) is 12.1 Å². The zero-order chi connectivity index (χ0) is 11.0. The molecule has 1 aromatic heterocycles. The van der Waals surface area contributed by atoms with E-state index in [1.807, 2.05) is 0 Å². The third-order valence-corrected chi connectivity index (χ3v) is 5.01. The minimum atomic E-state index is 0.00979. The molecule has 1 aliphatic rings. The van der Waals surface area contributed by atoms with Gasteiger partial charge in [0.1, 0.15) is 0 Å². The molecule has 1 aromatic rings. The molecule has 0 aliphatic carbocycles. The molecule has 84 valence electrons. The molecule has 1 aliphatic heterocycles. The Hall–Kier alpha value is 0.1000. The van der Waals surface area contributed by atoms with Gasteiger partial charge in [-0.05, 0) is 41.3 Å². The second kappa shape index (κ2) is 4.53. The summed E-state index contributed by atoms with van der Waals surface area (Å²) in [5, 5.41) is 0. The van der Waals surface area contributed by atoms with E-state index in [2.05, 4.69) is 35.8 Å². The lowest BCUT2D eigenvalue weighted by Crippen LogP contribution is -2.29. The van der Waals surface area contributed by atoms with E-state index in [1.54, 1.807) is 11.3 Å². The van der Waals surface area contributed by atoms with Gasteiger partial charge in [-0.15, -0.1) is 11.3 Å². The zero-order valence-corrected chi connectivity index (χ0v) is 11.4. The highest BCUT2D eigenvalue weighted by Crippen LogP contribution is 2.37. The number of rotatable bonds is 2. The lowest BCUT2D eigenvalue weighted by molar-refractivity contribution is 0.0732. The summed E-state index contributed by atoms with van der Waals surface area (Å²) in [5.41, 5.74) is 6.26. The first-order valence-corrected chi connectivity index (χ1v) is 6.83. The van der Waals surface area contributed by atoms with Crippen LogP contribution in [0.2, 0.25) is 0 Å². The van der Waals surface area contributed by atoms with E-state index in [0.29, 0.717) is 5.92 Å². The van der Waals surface area contributed by atoms with E-state index < -0.39 is 0 Å². The van der Waals surface area contributed by atoms with Gasteiger partial charge in [0.15, 0.2) is 0 Å². The average Bonchev–Trinajstić information content (AvgIpc) is 2.71. The summed E-state index contributed by atoms with van der Waals surface area (Å²) in [7, 11) is 0. The first-order chi connectivity index (χ1) is 7.09. The Balaban J connectivity index is 2.19. The summed E-state index contributed by atoms with van der Waals surface area (Å²) in [6.07, 6.45) is 1.31. The fourth-order valence-electron chi connectivity index (χ4n) is 2.05. The molecule has 2 rings (SSSR count). The summed E-state index contributed by atoms with van der Waals surface area (Å²) < 4.78 is 6.83. The fourth-order valence-corrected chi connectivity index (χ4v) is 4.01. The summed E-state index contributed by atoms with van der Waals surface area (Å²) in [6, 6.07) is 2.13. The molecule has 2 nitrogen and oxygen atoms in total. The lowest BCUT2D eigenvalue weighted by Gasteiger charge is -2.21. The summed E-state index contributed by atoms with van der Waals surface area (Å²) >= 11 is 5.32. The molecule has 0 bridgehead atoms. The van der Waals surface area contributed by atoms with Crippen LogP contribution in [0.4, 0.5) is 0 Å². The summed E-state index contributed by atoms with van der Waals surface area (Å²) in [6.45, 7) is 5.16. The Labute approximate surface area is 103 Å². The van der Waals surface area contributed by atoms with Gasteiger partial charge in [0.25, 0.3) is 0 Å². The standard InChI is InChI=1S/C11H16BrNOS/c1-6-3-4-14-10(6)9(13)11-8(12)5-7(2)15-11/h5-6,9-10H,3-4,13H2,1-2H3. The van der Waals surface area contributed by atoms with Crippen molar-refractivity contribution in [1.29, 1.82) is 0 Å². The smallest absolute Gasteiger partial charge is 0.0802 e. The predicted molar refractivity (Wildman–Crippen MR) is 67.2 cm³/mol.